The highest BCUT2D eigenvalue weighted by molar-refractivity contribution is 7.26. The Labute approximate surface area is 329 Å². The molecule has 5 aromatic heterocycles. The number of aromatic nitrogens is 2. The normalized spacial score (nSPS) is 11.6. The molecule has 0 spiro atoms. The molecule has 0 saturated carbocycles. The number of hydrogen-bond acceptors (Lipinski definition) is 7. The minimum Gasteiger partial charge on any atom is -0.206 e. The SMILES string of the molecule is CCCCCc1ccc(-c2ccc(-c3ccc(-c4ccc(-c5ccc(-c6ccc(-c7ccc(CCCCC)cc7F)s6)s5)c5nsnc45)s3)s2)c(F)c1. The molecule has 0 radical (unpaired) electrons. The van der Waals surface area contributed by atoms with Crippen LogP contribution < -0.4 is 0 Å². The Morgan fingerprint density at radius 1 is 0.415 bits per heavy atom. The van der Waals surface area contributed by atoms with Crippen LogP contribution in [0.3, 0.4) is 0 Å². The second-order valence-corrected chi connectivity index (χ2v) is 18.2. The second kappa shape index (κ2) is 16.2. The number of aryl methyl sites for hydroxylation is 2. The smallest absolute Gasteiger partial charge is 0.132 e. The molecule has 0 N–H and O–H groups in total. The van der Waals surface area contributed by atoms with Crippen LogP contribution in [-0.4, -0.2) is 8.75 Å². The average Bonchev–Trinajstić information content (AvgIpc) is 4.01. The number of nitrogens with zero attached hydrogens (tertiary/aromatic N) is 2. The van der Waals surface area contributed by atoms with Crippen molar-refractivity contribution >= 4 is 68.1 Å². The molecule has 9 heteroatoms. The summed E-state index contributed by atoms with van der Waals surface area (Å²) in [5, 5.41) is 0. The Morgan fingerprint density at radius 3 is 1.11 bits per heavy atom. The fourth-order valence-electron chi connectivity index (χ4n) is 6.71. The molecule has 53 heavy (non-hydrogen) atoms. The van der Waals surface area contributed by atoms with E-state index in [1.807, 2.05) is 24.3 Å². The van der Waals surface area contributed by atoms with E-state index in [1.165, 1.54) is 24.6 Å². The minimum absolute atomic E-state index is 0.148. The number of fused-ring (bicyclic) bond motifs is 1. The molecule has 8 rings (SSSR count). The van der Waals surface area contributed by atoms with Gasteiger partial charge in [0.1, 0.15) is 22.7 Å². The van der Waals surface area contributed by atoms with Crippen LogP contribution in [0.15, 0.2) is 97.1 Å². The summed E-state index contributed by atoms with van der Waals surface area (Å²) in [5.41, 5.74) is 7.38. The largest absolute Gasteiger partial charge is 0.206 e. The van der Waals surface area contributed by atoms with Crippen molar-refractivity contribution in [1.29, 1.82) is 0 Å². The first-order valence-electron chi connectivity index (χ1n) is 18.2. The van der Waals surface area contributed by atoms with Crippen LogP contribution in [0.5, 0.6) is 0 Å². The summed E-state index contributed by atoms with van der Waals surface area (Å²) < 4.78 is 39.8. The monoisotopic (exact) mass is 792 g/mol. The van der Waals surface area contributed by atoms with Crippen molar-refractivity contribution < 1.29 is 8.78 Å². The van der Waals surface area contributed by atoms with Crippen LogP contribution in [0.25, 0.3) is 72.3 Å². The molecule has 0 fully saturated rings. The third kappa shape index (κ3) is 7.73. The summed E-state index contributed by atoms with van der Waals surface area (Å²) in [6.45, 7) is 4.37. The first kappa shape index (κ1) is 36.1. The molecular formula is C44H38F2N2S5. The maximum Gasteiger partial charge on any atom is 0.132 e. The molecule has 0 aliphatic heterocycles. The zero-order chi connectivity index (χ0) is 36.3. The van der Waals surface area contributed by atoms with Gasteiger partial charge in [-0.25, -0.2) is 8.78 Å². The summed E-state index contributed by atoms with van der Waals surface area (Å²) in [6.07, 6.45) is 8.69. The van der Waals surface area contributed by atoms with Crippen molar-refractivity contribution in [3.8, 4) is 61.3 Å². The molecule has 0 unspecified atom stereocenters. The third-order valence-electron chi connectivity index (χ3n) is 9.59. The molecule has 0 saturated heterocycles. The van der Waals surface area contributed by atoms with Gasteiger partial charge in [-0.2, -0.15) is 8.75 Å². The van der Waals surface area contributed by atoms with Crippen molar-refractivity contribution in [3.05, 3.63) is 120 Å². The number of halogens is 2. The standard InChI is InChI=1S/C44H38F2N2S5/c1-3-5-7-9-27-11-13-29(33(45)25-27)35-17-21-39(49-35)41-23-19-37(51-41)31-15-16-32(44-43(31)47-53-48-44)38-20-24-42(52-38)40-22-18-36(50-40)30-14-12-28(26-34(30)46)10-8-6-4-2/h11-26H,3-10H2,1-2H3. The maximum absolute atomic E-state index is 15.2. The Bertz CT molecular complexity index is 2330. The molecule has 0 aliphatic carbocycles. The van der Waals surface area contributed by atoms with E-state index in [9.17, 15) is 0 Å². The summed E-state index contributed by atoms with van der Waals surface area (Å²) in [4.78, 5) is 8.67. The van der Waals surface area contributed by atoms with Crippen molar-refractivity contribution in [2.24, 2.45) is 0 Å². The van der Waals surface area contributed by atoms with Crippen LogP contribution in [0, 0.1) is 11.6 Å². The number of thiophene rings is 4. The van der Waals surface area contributed by atoms with E-state index in [-0.39, 0.29) is 11.6 Å². The first-order chi connectivity index (χ1) is 26.0. The molecule has 0 amide bonds. The summed E-state index contributed by atoms with van der Waals surface area (Å²) >= 11 is 7.94. The zero-order valence-electron chi connectivity index (χ0n) is 29.6. The highest BCUT2D eigenvalue weighted by atomic mass is 32.1. The number of unbranched alkanes of at least 4 members (excludes halogenated alkanes) is 4. The van der Waals surface area contributed by atoms with Gasteiger partial charge in [0.2, 0.25) is 0 Å². The molecule has 0 aliphatic rings. The quantitative estimate of drug-likeness (QED) is 0.103. The number of hydrogen-bond donors (Lipinski definition) is 0. The number of benzene rings is 3. The first-order valence-corrected chi connectivity index (χ1v) is 22.2. The van der Waals surface area contributed by atoms with Gasteiger partial charge in [-0.3, -0.25) is 0 Å². The van der Waals surface area contributed by atoms with E-state index in [1.54, 1.807) is 57.5 Å². The van der Waals surface area contributed by atoms with Gasteiger partial charge < -0.3 is 0 Å². The maximum atomic E-state index is 15.2. The Kier molecular flexibility index (Phi) is 11.1. The lowest BCUT2D eigenvalue weighted by molar-refractivity contribution is 0.626. The lowest BCUT2D eigenvalue weighted by Crippen LogP contribution is -1.89. The molecular weight excluding hydrogens is 755 g/mol. The van der Waals surface area contributed by atoms with Crippen LogP contribution in [0.4, 0.5) is 8.78 Å². The number of rotatable bonds is 14. The molecule has 8 aromatic rings. The van der Waals surface area contributed by atoms with E-state index in [0.717, 1.165) is 111 Å². The Morgan fingerprint density at radius 2 is 0.755 bits per heavy atom. The van der Waals surface area contributed by atoms with E-state index in [4.69, 9.17) is 8.75 Å². The van der Waals surface area contributed by atoms with Gasteiger partial charge in [0.25, 0.3) is 0 Å². The van der Waals surface area contributed by atoms with Gasteiger partial charge in [0, 0.05) is 61.3 Å². The van der Waals surface area contributed by atoms with Gasteiger partial charge in [-0.1, -0.05) is 75.9 Å². The van der Waals surface area contributed by atoms with E-state index in [0.29, 0.717) is 11.1 Å². The van der Waals surface area contributed by atoms with E-state index < -0.39 is 0 Å². The van der Waals surface area contributed by atoms with Gasteiger partial charge in [-0.15, -0.1) is 45.3 Å². The highest BCUT2D eigenvalue weighted by Gasteiger charge is 2.19. The fraction of sp³-hybridized carbons (Fsp3) is 0.227. The van der Waals surface area contributed by atoms with Crippen LogP contribution >= 0.6 is 57.1 Å². The molecule has 0 atom stereocenters. The van der Waals surface area contributed by atoms with Crippen LogP contribution in [-0.2, 0) is 12.8 Å². The van der Waals surface area contributed by atoms with Crippen LogP contribution in [0.2, 0.25) is 0 Å². The summed E-state index contributed by atoms with van der Waals surface area (Å²) in [7, 11) is 0. The van der Waals surface area contributed by atoms with Crippen LogP contribution in [0.1, 0.15) is 63.5 Å². The van der Waals surface area contributed by atoms with Gasteiger partial charge >= 0.3 is 0 Å². The lowest BCUT2D eigenvalue weighted by Gasteiger charge is -2.05. The third-order valence-corrected chi connectivity index (χ3v) is 15.0. The lowest BCUT2D eigenvalue weighted by atomic mass is 10.0. The highest BCUT2D eigenvalue weighted by Crippen LogP contribution is 2.46. The minimum atomic E-state index is -0.148. The average molecular weight is 793 g/mol. The van der Waals surface area contributed by atoms with E-state index in [2.05, 4.69) is 74.5 Å². The van der Waals surface area contributed by atoms with E-state index >= 15 is 8.78 Å². The molecule has 3 aromatic carbocycles. The Hall–Kier alpha value is -3.86. The van der Waals surface area contributed by atoms with Gasteiger partial charge in [0.15, 0.2) is 0 Å². The fourth-order valence-corrected chi connectivity index (χ4v) is 11.6. The predicted molar refractivity (Wildman–Crippen MR) is 228 cm³/mol. The predicted octanol–water partition coefficient (Wildman–Crippen LogP) is 15.7. The van der Waals surface area contributed by atoms with Gasteiger partial charge in [-0.05, 0) is 97.5 Å². The molecule has 2 nitrogen and oxygen atoms in total. The van der Waals surface area contributed by atoms with Crippen molar-refractivity contribution in [2.45, 2.75) is 65.2 Å². The Balaban J connectivity index is 0.999. The molecule has 0 bridgehead atoms. The van der Waals surface area contributed by atoms with Crippen molar-refractivity contribution in [3.63, 3.8) is 0 Å². The summed E-state index contributed by atoms with van der Waals surface area (Å²) in [6, 6.07) is 32.6. The topological polar surface area (TPSA) is 25.8 Å². The van der Waals surface area contributed by atoms with Gasteiger partial charge in [0.05, 0.1) is 11.7 Å². The molecule has 5 heterocycles. The van der Waals surface area contributed by atoms with Crippen molar-refractivity contribution in [2.75, 3.05) is 0 Å². The van der Waals surface area contributed by atoms with Crippen molar-refractivity contribution in [1.82, 2.24) is 8.75 Å². The summed E-state index contributed by atoms with van der Waals surface area (Å²) in [5.74, 6) is -0.297. The second-order valence-electron chi connectivity index (χ2n) is 13.3. The zero-order valence-corrected chi connectivity index (χ0v) is 33.7. The molecule has 268 valence electrons.